The zero-order valence-corrected chi connectivity index (χ0v) is 10.7. The van der Waals surface area contributed by atoms with Gasteiger partial charge < -0.3 is 10.1 Å². The zero-order valence-electron chi connectivity index (χ0n) is 10.7. The first-order valence-corrected chi connectivity index (χ1v) is 6.65. The molecule has 0 saturated heterocycles. The number of nitrogens with one attached hydrogen (secondary N) is 1. The minimum atomic E-state index is -0.0599. The fraction of sp³-hybridized carbons (Fsp3) is 0.600. The molecule has 1 N–H and O–H groups in total. The lowest BCUT2D eigenvalue weighted by Gasteiger charge is -2.38. The molecule has 1 aromatic rings. The molecule has 1 aromatic carbocycles. The van der Waals surface area contributed by atoms with Gasteiger partial charge in [0.1, 0.15) is 11.4 Å². The summed E-state index contributed by atoms with van der Waals surface area (Å²) < 4.78 is 6.03. The summed E-state index contributed by atoms with van der Waals surface area (Å²) >= 11 is 0. The van der Waals surface area contributed by atoms with Crippen LogP contribution >= 0.6 is 0 Å². The Morgan fingerprint density at radius 2 is 2.06 bits per heavy atom. The van der Waals surface area contributed by atoms with Gasteiger partial charge in [0.2, 0.25) is 0 Å². The van der Waals surface area contributed by atoms with Crippen molar-refractivity contribution in [3.05, 3.63) is 29.8 Å². The van der Waals surface area contributed by atoms with E-state index in [1.54, 1.807) is 0 Å². The van der Waals surface area contributed by atoms with Gasteiger partial charge in [-0.05, 0) is 45.2 Å². The van der Waals surface area contributed by atoms with E-state index in [0.717, 1.165) is 24.6 Å². The van der Waals surface area contributed by atoms with Crippen molar-refractivity contribution in [2.24, 2.45) is 5.92 Å². The lowest BCUT2D eigenvalue weighted by molar-refractivity contribution is 0.0659. The molecular weight excluding hydrogens is 210 g/mol. The molecule has 17 heavy (non-hydrogen) atoms. The van der Waals surface area contributed by atoms with Crippen molar-refractivity contribution >= 4 is 0 Å². The fourth-order valence-electron chi connectivity index (χ4n) is 2.62. The van der Waals surface area contributed by atoms with Crippen molar-refractivity contribution in [1.29, 1.82) is 0 Å². The van der Waals surface area contributed by atoms with Gasteiger partial charge in [0.25, 0.3) is 0 Å². The zero-order chi connectivity index (χ0) is 11.9. The van der Waals surface area contributed by atoms with E-state index >= 15 is 0 Å². The molecule has 2 heteroatoms. The Kier molecular flexibility index (Phi) is 2.62. The molecule has 1 unspecified atom stereocenters. The van der Waals surface area contributed by atoms with Crippen LogP contribution in [0.25, 0.3) is 0 Å². The van der Waals surface area contributed by atoms with Crippen LogP contribution in [0.1, 0.15) is 44.7 Å². The van der Waals surface area contributed by atoms with Gasteiger partial charge in [-0.1, -0.05) is 18.2 Å². The van der Waals surface area contributed by atoms with Crippen LogP contribution in [0.15, 0.2) is 24.3 Å². The Hall–Kier alpha value is -1.02. The molecule has 0 bridgehead atoms. The average molecular weight is 231 g/mol. The van der Waals surface area contributed by atoms with Crippen molar-refractivity contribution in [1.82, 2.24) is 5.32 Å². The van der Waals surface area contributed by atoms with Crippen LogP contribution in [0.5, 0.6) is 5.75 Å². The Balaban J connectivity index is 1.81. The average Bonchev–Trinajstić information content (AvgIpc) is 3.08. The van der Waals surface area contributed by atoms with E-state index in [4.69, 9.17) is 4.74 Å². The molecular formula is C15H21NO. The van der Waals surface area contributed by atoms with Crippen LogP contribution < -0.4 is 10.1 Å². The molecule has 0 aromatic heterocycles. The van der Waals surface area contributed by atoms with Crippen LogP contribution in [-0.4, -0.2) is 12.1 Å². The highest BCUT2D eigenvalue weighted by atomic mass is 16.5. The number of rotatable bonds is 3. The minimum Gasteiger partial charge on any atom is -0.487 e. The van der Waals surface area contributed by atoms with E-state index in [0.29, 0.717) is 6.04 Å². The molecule has 1 aliphatic heterocycles. The predicted molar refractivity (Wildman–Crippen MR) is 69.2 cm³/mol. The van der Waals surface area contributed by atoms with Gasteiger partial charge in [-0.15, -0.1) is 0 Å². The molecule has 1 aliphatic carbocycles. The number of fused-ring (bicyclic) bond motifs is 1. The highest BCUT2D eigenvalue weighted by Gasteiger charge is 2.34. The second-order valence-corrected chi connectivity index (χ2v) is 6.01. The molecule has 0 radical (unpaired) electrons. The molecule has 1 heterocycles. The van der Waals surface area contributed by atoms with Crippen LogP contribution in [0.2, 0.25) is 0 Å². The van der Waals surface area contributed by atoms with Gasteiger partial charge in [0, 0.05) is 18.0 Å². The molecule has 1 saturated carbocycles. The standard InChI is InChI=1S/C15H21NO/c1-15(2)9-13(16-10-11-7-8-11)12-5-3-4-6-14(12)17-15/h3-6,11,13,16H,7-10H2,1-2H3. The van der Waals surface area contributed by atoms with Crippen molar-refractivity contribution in [3.8, 4) is 5.75 Å². The first-order chi connectivity index (χ1) is 8.14. The number of hydrogen-bond donors (Lipinski definition) is 1. The second-order valence-electron chi connectivity index (χ2n) is 6.01. The van der Waals surface area contributed by atoms with Crippen molar-refractivity contribution in [3.63, 3.8) is 0 Å². The highest BCUT2D eigenvalue weighted by Crippen LogP contribution is 2.39. The molecule has 0 spiro atoms. The summed E-state index contributed by atoms with van der Waals surface area (Å²) in [7, 11) is 0. The Labute approximate surface area is 103 Å². The van der Waals surface area contributed by atoms with E-state index < -0.39 is 0 Å². The summed E-state index contributed by atoms with van der Waals surface area (Å²) in [6.07, 6.45) is 3.86. The second kappa shape index (κ2) is 4.02. The summed E-state index contributed by atoms with van der Waals surface area (Å²) in [5, 5.41) is 3.72. The molecule has 0 amide bonds. The number of ether oxygens (including phenoxy) is 1. The molecule has 2 aliphatic rings. The largest absolute Gasteiger partial charge is 0.487 e. The Bertz CT molecular complexity index is 409. The predicted octanol–water partition coefficient (Wildman–Crippen LogP) is 3.29. The summed E-state index contributed by atoms with van der Waals surface area (Å²) in [6, 6.07) is 8.89. The normalized spacial score (nSPS) is 26.1. The molecule has 1 atom stereocenters. The maximum Gasteiger partial charge on any atom is 0.124 e. The van der Waals surface area contributed by atoms with Crippen LogP contribution in [0.4, 0.5) is 0 Å². The van der Waals surface area contributed by atoms with Gasteiger partial charge in [0.15, 0.2) is 0 Å². The molecule has 2 nitrogen and oxygen atoms in total. The molecule has 92 valence electrons. The summed E-state index contributed by atoms with van der Waals surface area (Å²) in [4.78, 5) is 0. The number of hydrogen-bond acceptors (Lipinski definition) is 2. The maximum atomic E-state index is 6.03. The molecule has 3 rings (SSSR count). The number of para-hydroxylation sites is 1. The fourth-order valence-corrected chi connectivity index (χ4v) is 2.62. The Morgan fingerprint density at radius 3 is 2.82 bits per heavy atom. The first-order valence-electron chi connectivity index (χ1n) is 6.65. The third-order valence-corrected chi connectivity index (χ3v) is 3.73. The third-order valence-electron chi connectivity index (χ3n) is 3.73. The first kappa shape index (κ1) is 11.1. The van der Waals surface area contributed by atoms with E-state index in [1.165, 1.54) is 18.4 Å². The summed E-state index contributed by atoms with van der Waals surface area (Å²) in [5.74, 6) is 1.98. The SMILES string of the molecule is CC1(C)CC(NCC2CC2)c2ccccc2O1. The van der Waals surface area contributed by atoms with Crippen LogP contribution in [-0.2, 0) is 0 Å². The lowest BCUT2D eigenvalue weighted by atomic mass is 9.89. The molecule has 1 fully saturated rings. The third kappa shape index (κ3) is 2.47. The Morgan fingerprint density at radius 1 is 1.29 bits per heavy atom. The van der Waals surface area contributed by atoms with Crippen molar-refractivity contribution in [2.45, 2.75) is 44.8 Å². The smallest absolute Gasteiger partial charge is 0.124 e. The van der Waals surface area contributed by atoms with Crippen molar-refractivity contribution < 1.29 is 4.74 Å². The monoisotopic (exact) mass is 231 g/mol. The van der Waals surface area contributed by atoms with Crippen LogP contribution in [0.3, 0.4) is 0 Å². The van der Waals surface area contributed by atoms with Crippen LogP contribution in [0, 0.1) is 5.92 Å². The summed E-state index contributed by atoms with van der Waals surface area (Å²) in [5.41, 5.74) is 1.27. The van der Waals surface area contributed by atoms with Gasteiger partial charge in [-0.25, -0.2) is 0 Å². The maximum absolute atomic E-state index is 6.03. The van der Waals surface area contributed by atoms with E-state index in [2.05, 4.69) is 43.4 Å². The topological polar surface area (TPSA) is 21.3 Å². The van der Waals surface area contributed by atoms with Gasteiger partial charge in [-0.2, -0.15) is 0 Å². The van der Waals surface area contributed by atoms with Gasteiger partial charge in [-0.3, -0.25) is 0 Å². The summed E-state index contributed by atoms with van der Waals surface area (Å²) in [6.45, 7) is 5.51. The lowest BCUT2D eigenvalue weighted by Crippen LogP contribution is -2.39. The van der Waals surface area contributed by atoms with E-state index in [-0.39, 0.29) is 5.60 Å². The quantitative estimate of drug-likeness (QED) is 0.862. The minimum absolute atomic E-state index is 0.0599. The highest BCUT2D eigenvalue weighted by molar-refractivity contribution is 5.38. The van der Waals surface area contributed by atoms with Gasteiger partial charge in [0.05, 0.1) is 0 Å². The van der Waals surface area contributed by atoms with Crippen molar-refractivity contribution in [2.75, 3.05) is 6.54 Å². The van der Waals surface area contributed by atoms with Gasteiger partial charge >= 0.3 is 0 Å². The number of benzene rings is 1. The van der Waals surface area contributed by atoms with E-state index in [1.807, 2.05) is 0 Å². The van der Waals surface area contributed by atoms with E-state index in [9.17, 15) is 0 Å².